The van der Waals surface area contributed by atoms with Crippen molar-refractivity contribution in [1.29, 1.82) is 0 Å². The van der Waals surface area contributed by atoms with Gasteiger partial charge in [0.05, 0.1) is 12.5 Å². The highest BCUT2D eigenvalue weighted by molar-refractivity contribution is 5.71. The molecule has 20 heavy (non-hydrogen) atoms. The number of fused-ring (bicyclic) bond motifs is 1. The van der Waals surface area contributed by atoms with Gasteiger partial charge in [-0.1, -0.05) is 13.8 Å². The molecule has 2 aliphatic heterocycles. The van der Waals surface area contributed by atoms with Gasteiger partial charge in [0.1, 0.15) is 12.2 Å². The molecule has 2 heterocycles. The number of rotatable bonds is 4. The van der Waals surface area contributed by atoms with E-state index < -0.39 is 49.1 Å². The van der Waals surface area contributed by atoms with E-state index in [4.69, 9.17) is 24.1 Å². The number of ether oxygens (including phenoxy) is 4. The van der Waals surface area contributed by atoms with Crippen molar-refractivity contribution in [1.82, 2.24) is 0 Å². The van der Waals surface area contributed by atoms with Crippen molar-refractivity contribution >= 4 is 5.97 Å². The Morgan fingerprint density at radius 2 is 2.00 bits per heavy atom. The maximum absolute atomic E-state index is 11.8. The van der Waals surface area contributed by atoms with Crippen molar-refractivity contribution < 1.29 is 34.0 Å². The Morgan fingerprint density at radius 1 is 1.35 bits per heavy atom. The highest BCUT2D eigenvalue weighted by Gasteiger charge is 2.58. The maximum atomic E-state index is 11.8. The quantitative estimate of drug-likeness (QED) is 0.691. The molecular weight excluding hydrogens is 268 g/mol. The van der Waals surface area contributed by atoms with E-state index in [1.807, 2.05) is 0 Å². The lowest BCUT2D eigenvalue weighted by Crippen LogP contribution is -2.45. The van der Waals surface area contributed by atoms with E-state index in [2.05, 4.69) is 0 Å². The summed E-state index contributed by atoms with van der Waals surface area (Å²) in [7, 11) is 0. The van der Waals surface area contributed by atoms with Gasteiger partial charge in [0, 0.05) is 0 Å². The molecule has 2 aliphatic rings. The summed E-state index contributed by atoms with van der Waals surface area (Å²) >= 11 is 0. The number of esters is 1. The van der Waals surface area contributed by atoms with Crippen LogP contribution in [0.25, 0.3) is 0 Å². The molecule has 2 saturated heterocycles. The lowest BCUT2D eigenvalue weighted by atomic mass is 10.1. The molecule has 7 heteroatoms. The van der Waals surface area contributed by atoms with Crippen LogP contribution >= 0.6 is 0 Å². The van der Waals surface area contributed by atoms with Gasteiger partial charge in [0.15, 0.2) is 24.3 Å². The van der Waals surface area contributed by atoms with Gasteiger partial charge in [-0.3, -0.25) is 4.79 Å². The molecule has 0 aliphatic carbocycles. The molecule has 2 N–H and O–H groups in total. The zero-order chi connectivity index (χ0) is 15.1. The van der Waals surface area contributed by atoms with Crippen LogP contribution in [0, 0.1) is 5.92 Å². The third-order valence-corrected chi connectivity index (χ3v) is 3.32. The molecule has 0 amide bonds. The first-order chi connectivity index (χ1) is 9.25. The minimum atomic E-state index is -1.17. The van der Waals surface area contributed by atoms with Gasteiger partial charge in [0.2, 0.25) is 0 Å². The molecule has 2 rings (SSSR count). The van der Waals surface area contributed by atoms with Crippen LogP contribution in [-0.4, -0.2) is 59.3 Å². The fourth-order valence-corrected chi connectivity index (χ4v) is 2.32. The normalized spacial score (nSPS) is 37.0. The number of hydrogen-bond donors (Lipinski definition) is 2. The van der Waals surface area contributed by atoms with Gasteiger partial charge in [-0.2, -0.15) is 0 Å². The van der Waals surface area contributed by atoms with Crippen molar-refractivity contribution in [3.05, 3.63) is 0 Å². The average molecular weight is 290 g/mol. The summed E-state index contributed by atoms with van der Waals surface area (Å²) in [5, 5.41) is 18.9. The topological polar surface area (TPSA) is 94.5 Å². The Labute approximate surface area is 117 Å². The standard InChI is InChI=1S/C13H22O7/c1-6(2)11(16)17-9-8(7(15)5-14)18-12-10(9)19-13(3,4)20-12/h6-10,12,14-15H,5H2,1-4H3. The Hall–Kier alpha value is -0.730. The van der Waals surface area contributed by atoms with Crippen LogP contribution < -0.4 is 0 Å². The van der Waals surface area contributed by atoms with Crippen LogP contribution in [-0.2, 0) is 23.7 Å². The summed E-state index contributed by atoms with van der Waals surface area (Å²) in [5.74, 6) is -1.56. The minimum Gasteiger partial charge on any atom is -0.456 e. The zero-order valence-electron chi connectivity index (χ0n) is 12.1. The molecule has 2 fully saturated rings. The van der Waals surface area contributed by atoms with Crippen LogP contribution in [0.2, 0.25) is 0 Å². The Kier molecular flexibility index (Phi) is 4.36. The number of aliphatic hydroxyl groups is 2. The summed E-state index contributed by atoms with van der Waals surface area (Å²) in [6.07, 6.45) is -4.17. The molecule has 116 valence electrons. The van der Waals surface area contributed by atoms with Crippen LogP contribution in [0.1, 0.15) is 27.7 Å². The van der Waals surface area contributed by atoms with E-state index in [0.29, 0.717) is 0 Å². The third kappa shape index (κ3) is 2.96. The van der Waals surface area contributed by atoms with Gasteiger partial charge in [-0.25, -0.2) is 0 Å². The van der Waals surface area contributed by atoms with E-state index in [0.717, 1.165) is 0 Å². The van der Waals surface area contributed by atoms with E-state index in [9.17, 15) is 9.90 Å². The maximum Gasteiger partial charge on any atom is 0.308 e. The van der Waals surface area contributed by atoms with Crippen LogP contribution in [0.5, 0.6) is 0 Å². The molecule has 0 radical (unpaired) electrons. The number of carbonyl (C=O) groups is 1. The molecule has 7 nitrogen and oxygen atoms in total. The van der Waals surface area contributed by atoms with Crippen molar-refractivity contribution in [2.24, 2.45) is 5.92 Å². The van der Waals surface area contributed by atoms with Crippen molar-refractivity contribution in [3.63, 3.8) is 0 Å². The summed E-state index contributed by atoms with van der Waals surface area (Å²) in [5.41, 5.74) is 0. The Balaban J connectivity index is 2.14. The lowest BCUT2D eigenvalue weighted by Gasteiger charge is -2.28. The average Bonchev–Trinajstić information content (AvgIpc) is 2.81. The highest BCUT2D eigenvalue weighted by Crippen LogP contribution is 2.39. The summed E-state index contributed by atoms with van der Waals surface area (Å²) in [6, 6.07) is 0. The first-order valence-electron chi connectivity index (χ1n) is 6.75. The van der Waals surface area contributed by atoms with Gasteiger partial charge in [-0.15, -0.1) is 0 Å². The fraction of sp³-hybridized carbons (Fsp3) is 0.923. The van der Waals surface area contributed by atoms with E-state index in [1.54, 1.807) is 27.7 Å². The summed E-state index contributed by atoms with van der Waals surface area (Å²) in [6.45, 7) is 6.39. The lowest BCUT2D eigenvalue weighted by molar-refractivity contribution is -0.231. The van der Waals surface area contributed by atoms with E-state index in [1.165, 1.54) is 0 Å². The van der Waals surface area contributed by atoms with Gasteiger partial charge < -0.3 is 29.2 Å². The number of carbonyl (C=O) groups excluding carboxylic acids is 1. The largest absolute Gasteiger partial charge is 0.456 e. The van der Waals surface area contributed by atoms with Crippen LogP contribution in [0.15, 0.2) is 0 Å². The molecule has 5 atom stereocenters. The highest BCUT2D eigenvalue weighted by atomic mass is 16.8. The molecule has 0 aromatic carbocycles. The van der Waals surface area contributed by atoms with E-state index in [-0.39, 0.29) is 5.92 Å². The third-order valence-electron chi connectivity index (χ3n) is 3.32. The van der Waals surface area contributed by atoms with Gasteiger partial charge in [0.25, 0.3) is 0 Å². The smallest absolute Gasteiger partial charge is 0.308 e. The molecule has 0 spiro atoms. The molecule has 5 unspecified atom stereocenters. The Bertz CT molecular complexity index is 368. The zero-order valence-corrected chi connectivity index (χ0v) is 12.1. The molecule has 0 saturated carbocycles. The van der Waals surface area contributed by atoms with Crippen LogP contribution in [0.4, 0.5) is 0 Å². The fourth-order valence-electron chi connectivity index (χ4n) is 2.32. The van der Waals surface area contributed by atoms with Gasteiger partial charge in [-0.05, 0) is 13.8 Å². The first kappa shape index (κ1) is 15.7. The minimum absolute atomic E-state index is 0.309. The second-order valence-electron chi connectivity index (χ2n) is 5.88. The van der Waals surface area contributed by atoms with Crippen molar-refractivity contribution in [2.75, 3.05) is 6.61 Å². The monoisotopic (exact) mass is 290 g/mol. The predicted octanol–water partition coefficient (Wildman–Crippen LogP) is -0.216. The molecule has 0 aromatic rings. The van der Waals surface area contributed by atoms with Crippen LogP contribution in [0.3, 0.4) is 0 Å². The van der Waals surface area contributed by atoms with Crippen molar-refractivity contribution in [3.8, 4) is 0 Å². The number of hydrogen-bond acceptors (Lipinski definition) is 7. The van der Waals surface area contributed by atoms with Gasteiger partial charge >= 0.3 is 5.97 Å². The second-order valence-corrected chi connectivity index (χ2v) is 5.88. The Morgan fingerprint density at radius 3 is 2.55 bits per heavy atom. The summed E-state index contributed by atoms with van der Waals surface area (Å²) < 4.78 is 22.1. The van der Waals surface area contributed by atoms with Crippen molar-refractivity contribution in [2.45, 2.75) is 64.2 Å². The first-order valence-corrected chi connectivity index (χ1v) is 6.75. The van der Waals surface area contributed by atoms with E-state index >= 15 is 0 Å². The second kappa shape index (κ2) is 5.57. The SMILES string of the molecule is CC(C)C(=O)OC1C(C(O)CO)OC2OC(C)(C)OC21. The number of aliphatic hydroxyl groups excluding tert-OH is 2. The molecule has 0 aromatic heterocycles. The predicted molar refractivity (Wildman–Crippen MR) is 66.5 cm³/mol. The summed E-state index contributed by atoms with van der Waals surface area (Å²) in [4.78, 5) is 11.8. The molecule has 0 bridgehead atoms. The molecular formula is C13H22O7.